The highest BCUT2D eigenvalue weighted by molar-refractivity contribution is 5.83. The maximum Gasteiger partial charge on any atom is 0.0456 e. The molecule has 0 spiro atoms. The predicted molar refractivity (Wildman–Crippen MR) is 75.6 cm³/mol. The maximum atomic E-state index is 5.92. The molecule has 0 aliphatic heterocycles. The van der Waals surface area contributed by atoms with Gasteiger partial charge in [0.05, 0.1) is 0 Å². The number of H-pyrrole nitrogens is 1. The molecule has 1 aliphatic rings. The third-order valence-corrected chi connectivity index (χ3v) is 3.98. The van der Waals surface area contributed by atoms with Gasteiger partial charge in [-0.15, -0.1) is 0 Å². The molecule has 1 aromatic heterocycles. The average Bonchev–Trinajstić information content (AvgIpc) is 2.97. The minimum absolute atomic E-state index is 0.413. The van der Waals surface area contributed by atoms with Gasteiger partial charge in [0.25, 0.3) is 0 Å². The summed E-state index contributed by atoms with van der Waals surface area (Å²) in [5.74, 6) is 0. The van der Waals surface area contributed by atoms with Crippen LogP contribution in [-0.2, 0) is 6.42 Å². The SMILES string of the molecule is NC1CCC(NCCc2c[nH]c3ccccc23)C1. The lowest BCUT2D eigenvalue weighted by Gasteiger charge is -2.11. The summed E-state index contributed by atoms with van der Waals surface area (Å²) in [5.41, 5.74) is 8.56. The second kappa shape index (κ2) is 5.12. The minimum atomic E-state index is 0.413. The highest BCUT2D eigenvalue weighted by Gasteiger charge is 2.20. The summed E-state index contributed by atoms with van der Waals surface area (Å²) in [6, 6.07) is 9.53. The van der Waals surface area contributed by atoms with Crippen LogP contribution in [0.25, 0.3) is 10.9 Å². The van der Waals surface area contributed by atoms with Gasteiger partial charge in [-0.1, -0.05) is 18.2 Å². The zero-order valence-corrected chi connectivity index (χ0v) is 10.7. The number of nitrogens with two attached hydrogens (primary N) is 1. The molecule has 1 aliphatic carbocycles. The largest absolute Gasteiger partial charge is 0.361 e. The third kappa shape index (κ3) is 2.42. The van der Waals surface area contributed by atoms with E-state index in [1.54, 1.807) is 0 Å². The van der Waals surface area contributed by atoms with E-state index in [1.807, 2.05) is 0 Å². The first kappa shape index (κ1) is 11.8. The highest BCUT2D eigenvalue weighted by Crippen LogP contribution is 2.19. The van der Waals surface area contributed by atoms with Crippen molar-refractivity contribution in [3.63, 3.8) is 0 Å². The van der Waals surface area contributed by atoms with E-state index < -0.39 is 0 Å². The van der Waals surface area contributed by atoms with Gasteiger partial charge in [-0.3, -0.25) is 0 Å². The Hall–Kier alpha value is -1.32. The molecule has 0 amide bonds. The first-order valence-corrected chi connectivity index (χ1v) is 6.87. The van der Waals surface area contributed by atoms with E-state index in [1.165, 1.54) is 29.3 Å². The Morgan fingerprint density at radius 1 is 1.28 bits per heavy atom. The topological polar surface area (TPSA) is 53.8 Å². The lowest BCUT2D eigenvalue weighted by Crippen LogP contribution is -2.30. The number of aromatic amines is 1. The molecule has 1 aromatic carbocycles. The Bertz CT molecular complexity index is 517. The predicted octanol–water partition coefficient (Wildman–Crippen LogP) is 2.18. The lowest BCUT2D eigenvalue weighted by atomic mass is 10.1. The van der Waals surface area contributed by atoms with Crippen LogP contribution in [0.2, 0.25) is 0 Å². The van der Waals surface area contributed by atoms with Crippen molar-refractivity contribution in [3.8, 4) is 0 Å². The number of hydrogen-bond donors (Lipinski definition) is 3. The van der Waals surface area contributed by atoms with Crippen molar-refractivity contribution in [2.24, 2.45) is 5.73 Å². The number of hydrogen-bond acceptors (Lipinski definition) is 2. The fourth-order valence-electron chi connectivity index (χ4n) is 2.95. The van der Waals surface area contributed by atoms with Crippen LogP contribution in [0, 0.1) is 0 Å². The molecule has 1 heterocycles. The number of aromatic nitrogens is 1. The molecule has 2 aromatic rings. The van der Waals surface area contributed by atoms with Crippen LogP contribution in [0.4, 0.5) is 0 Å². The highest BCUT2D eigenvalue weighted by atomic mass is 14.9. The van der Waals surface area contributed by atoms with Gasteiger partial charge >= 0.3 is 0 Å². The van der Waals surface area contributed by atoms with Gasteiger partial charge in [0.15, 0.2) is 0 Å². The molecule has 0 saturated heterocycles. The van der Waals surface area contributed by atoms with Gasteiger partial charge in [-0.05, 0) is 43.9 Å². The molecule has 0 radical (unpaired) electrons. The van der Waals surface area contributed by atoms with Crippen LogP contribution in [-0.4, -0.2) is 23.6 Å². The molecule has 18 heavy (non-hydrogen) atoms. The van der Waals surface area contributed by atoms with Crippen LogP contribution in [0.5, 0.6) is 0 Å². The van der Waals surface area contributed by atoms with Gasteiger partial charge < -0.3 is 16.0 Å². The van der Waals surface area contributed by atoms with Crippen molar-refractivity contribution in [2.45, 2.75) is 37.8 Å². The van der Waals surface area contributed by atoms with Crippen molar-refractivity contribution in [1.82, 2.24) is 10.3 Å². The lowest BCUT2D eigenvalue weighted by molar-refractivity contribution is 0.521. The van der Waals surface area contributed by atoms with Gasteiger partial charge in [0.2, 0.25) is 0 Å². The van der Waals surface area contributed by atoms with Crippen molar-refractivity contribution < 1.29 is 0 Å². The first-order valence-electron chi connectivity index (χ1n) is 6.87. The fourth-order valence-corrected chi connectivity index (χ4v) is 2.95. The van der Waals surface area contributed by atoms with E-state index in [2.05, 4.69) is 40.8 Å². The molecule has 3 heteroatoms. The maximum absolute atomic E-state index is 5.92. The number of fused-ring (bicyclic) bond motifs is 1. The quantitative estimate of drug-likeness (QED) is 0.771. The summed E-state index contributed by atoms with van der Waals surface area (Å²) in [5, 5.41) is 4.97. The van der Waals surface area contributed by atoms with Gasteiger partial charge in [0, 0.05) is 29.2 Å². The monoisotopic (exact) mass is 243 g/mol. The fraction of sp³-hybridized carbons (Fsp3) is 0.467. The smallest absolute Gasteiger partial charge is 0.0456 e. The summed E-state index contributed by atoms with van der Waals surface area (Å²) < 4.78 is 0. The zero-order chi connectivity index (χ0) is 12.4. The summed E-state index contributed by atoms with van der Waals surface area (Å²) in [4.78, 5) is 3.33. The molecule has 2 atom stereocenters. The summed E-state index contributed by atoms with van der Waals surface area (Å²) >= 11 is 0. The molecule has 3 nitrogen and oxygen atoms in total. The third-order valence-electron chi connectivity index (χ3n) is 3.98. The standard InChI is InChI=1S/C15H21N3/c16-12-5-6-13(9-12)17-8-7-11-10-18-15-4-2-1-3-14(11)15/h1-4,10,12-13,17-18H,5-9,16H2. The number of para-hydroxylation sites is 1. The Labute approximate surface area is 108 Å². The van der Waals surface area contributed by atoms with E-state index in [0.717, 1.165) is 19.4 Å². The molecule has 3 rings (SSSR count). The van der Waals surface area contributed by atoms with Gasteiger partial charge in [-0.2, -0.15) is 0 Å². The number of nitrogens with one attached hydrogen (secondary N) is 2. The van der Waals surface area contributed by atoms with Crippen molar-refractivity contribution >= 4 is 10.9 Å². The van der Waals surface area contributed by atoms with Gasteiger partial charge in [0.1, 0.15) is 0 Å². The number of benzene rings is 1. The van der Waals surface area contributed by atoms with Crippen LogP contribution in [0.1, 0.15) is 24.8 Å². The Morgan fingerprint density at radius 3 is 3.00 bits per heavy atom. The van der Waals surface area contributed by atoms with Crippen molar-refractivity contribution in [3.05, 3.63) is 36.0 Å². The van der Waals surface area contributed by atoms with Gasteiger partial charge in [-0.25, -0.2) is 0 Å². The van der Waals surface area contributed by atoms with Crippen LogP contribution in [0.15, 0.2) is 30.5 Å². The van der Waals surface area contributed by atoms with Crippen LogP contribution >= 0.6 is 0 Å². The van der Waals surface area contributed by atoms with E-state index >= 15 is 0 Å². The second-order valence-electron chi connectivity index (χ2n) is 5.33. The van der Waals surface area contributed by atoms with E-state index in [4.69, 9.17) is 5.73 Å². The average molecular weight is 243 g/mol. The van der Waals surface area contributed by atoms with E-state index in [-0.39, 0.29) is 0 Å². The van der Waals surface area contributed by atoms with Crippen molar-refractivity contribution in [2.75, 3.05) is 6.54 Å². The van der Waals surface area contributed by atoms with E-state index in [0.29, 0.717) is 12.1 Å². The van der Waals surface area contributed by atoms with Crippen molar-refractivity contribution in [1.29, 1.82) is 0 Å². The van der Waals surface area contributed by atoms with Crippen LogP contribution in [0.3, 0.4) is 0 Å². The normalized spacial score (nSPS) is 23.8. The number of rotatable bonds is 4. The Morgan fingerprint density at radius 2 is 2.17 bits per heavy atom. The molecule has 2 unspecified atom stereocenters. The molecular weight excluding hydrogens is 222 g/mol. The second-order valence-corrected chi connectivity index (χ2v) is 5.33. The summed E-state index contributed by atoms with van der Waals surface area (Å²) in [6.07, 6.45) is 6.75. The minimum Gasteiger partial charge on any atom is -0.361 e. The Kier molecular flexibility index (Phi) is 3.35. The van der Waals surface area contributed by atoms with Crippen LogP contribution < -0.4 is 11.1 Å². The van der Waals surface area contributed by atoms with E-state index in [9.17, 15) is 0 Å². The molecule has 96 valence electrons. The molecule has 1 fully saturated rings. The first-order chi connectivity index (χ1) is 8.83. The molecule has 1 saturated carbocycles. The molecule has 0 bridgehead atoms. The zero-order valence-electron chi connectivity index (χ0n) is 10.7. The molecule has 4 N–H and O–H groups in total. The Balaban J connectivity index is 1.57. The summed E-state index contributed by atoms with van der Waals surface area (Å²) in [6.45, 7) is 1.04. The molecular formula is C15H21N3. The summed E-state index contributed by atoms with van der Waals surface area (Å²) in [7, 11) is 0.